The Labute approximate surface area is 107 Å². The van der Waals surface area contributed by atoms with Crippen LogP contribution >= 0.6 is 0 Å². The van der Waals surface area contributed by atoms with Crippen molar-refractivity contribution in [1.82, 2.24) is 0 Å². The van der Waals surface area contributed by atoms with Gasteiger partial charge in [0.25, 0.3) is 0 Å². The fourth-order valence-electron chi connectivity index (χ4n) is 1.58. The van der Waals surface area contributed by atoms with Crippen LogP contribution in [-0.2, 0) is 6.18 Å². The predicted octanol–water partition coefficient (Wildman–Crippen LogP) is 1.35. The van der Waals surface area contributed by atoms with Crippen molar-refractivity contribution in [3.8, 4) is 6.07 Å². The summed E-state index contributed by atoms with van der Waals surface area (Å²) in [5.74, 6) is 0. The maximum atomic E-state index is 12.5. The van der Waals surface area contributed by atoms with Crippen molar-refractivity contribution in [3.05, 3.63) is 34.9 Å². The third kappa shape index (κ3) is 3.67. The Bertz CT molecular complexity index is 482. The molecule has 3 N–H and O–H groups in total. The minimum atomic E-state index is -4.58. The second-order valence-electron chi connectivity index (χ2n) is 3.94. The molecule has 0 amide bonds. The molecule has 0 aliphatic heterocycles. The van der Waals surface area contributed by atoms with E-state index in [9.17, 15) is 23.4 Å². The Balaban J connectivity index is 3.13. The summed E-state index contributed by atoms with van der Waals surface area (Å²) in [5, 5.41) is 36.6. The van der Waals surface area contributed by atoms with Gasteiger partial charge in [0.2, 0.25) is 0 Å². The number of nitrogens with zero attached hydrogens (tertiary/aromatic N) is 1. The summed E-state index contributed by atoms with van der Waals surface area (Å²) in [5.41, 5.74) is -1.47. The van der Waals surface area contributed by atoms with Gasteiger partial charge in [0.05, 0.1) is 23.3 Å². The van der Waals surface area contributed by atoms with Gasteiger partial charge in [-0.15, -0.1) is 0 Å². The first-order valence-electron chi connectivity index (χ1n) is 5.39. The summed E-state index contributed by atoms with van der Waals surface area (Å²) >= 11 is 0. The third-order valence-corrected chi connectivity index (χ3v) is 2.61. The molecule has 19 heavy (non-hydrogen) atoms. The zero-order chi connectivity index (χ0) is 14.6. The zero-order valence-electron chi connectivity index (χ0n) is 9.72. The molecule has 1 aromatic carbocycles. The molecule has 104 valence electrons. The Morgan fingerprint density at radius 1 is 1.26 bits per heavy atom. The standard InChI is InChI=1S/C12H12F3NO3/c13-12(14,15)8-1-2-9(7(5-8)6-16)11(19)10(18)3-4-17/h1-2,5,10-11,17-19H,3-4H2. The normalized spacial score (nSPS) is 14.8. The molecule has 0 radical (unpaired) electrons. The summed E-state index contributed by atoms with van der Waals surface area (Å²) in [6.07, 6.45) is -7.61. The zero-order valence-corrected chi connectivity index (χ0v) is 9.72. The van der Waals surface area contributed by atoms with E-state index >= 15 is 0 Å². The van der Waals surface area contributed by atoms with Crippen molar-refractivity contribution < 1.29 is 28.5 Å². The van der Waals surface area contributed by atoms with Crippen LogP contribution in [0.5, 0.6) is 0 Å². The number of aliphatic hydroxyl groups excluding tert-OH is 3. The molecule has 2 atom stereocenters. The average Bonchev–Trinajstić information content (AvgIpc) is 2.36. The van der Waals surface area contributed by atoms with E-state index in [2.05, 4.69) is 0 Å². The molecule has 0 aromatic heterocycles. The third-order valence-electron chi connectivity index (χ3n) is 2.61. The number of rotatable bonds is 4. The van der Waals surface area contributed by atoms with Crippen LogP contribution in [0.15, 0.2) is 18.2 Å². The lowest BCUT2D eigenvalue weighted by molar-refractivity contribution is -0.137. The van der Waals surface area contributed by atoms with Gasteiger partial charge < -0.3 is 15.3 Å². The van der Waals surface area contributed by atoms with E-state index in [1.807, 2.05) is 0 Å². The fraction of sp³-hybridized carbons (Fsp3) is 0.417. The largest absolute Gasteiger partial charge is 0.416 e. The van der Waals surface area contributed by atoms with E-state index in [4.69, 9.17) is 10.4 Å². The number of aliphatic hydroxyl groups is 3. The van der Waals surface area contributed by atoms with Gasteiger partial charge in [0, 0.05) is 12.2 Å². The van der Waals surface area contributed by atoms with Crippen molar-refractivity contribution in [2.24, 2.45) is 0 Å². The smallest absolute Gasteiger partial charge is 0.396 e. The van der Waals surface area contributed by atoms with Crippen molar-refractivity contribution in [1.29, 1.82) is 5.26 Å². The van der Waals surface area contributed by atoms with Crippen LogP contribution in [0.1, 0.15) is 29.2 Å². The molecule has 2 unspecified atom stereocenters. The molecule has 7 heteroatoms. The van der Waals surface area contributed by atoms with Crippen LogP contribution in [0.4, 0.5) is 13.2 Å². The topological polar surface area (TPSA) is 84.5 Å². The Morgan fingerprint density at radius 2 is 1.89 bits per heavy atom. The highest BCUT2D eigenvalue weighted by Gasteiger charge is 2.32. The molecule has 0 saturated heterocycles. The van der Waals surface area contributed by atoms with Crippen LogP contribution < -0.4 is 0 Å². The number of halogens is 3. The summed E-state index contributed by atoms with van der Waals surface area (Å²) in [6.45, 7) is -0.388. The highest BCUT2D eigenvalue weighted by atomic mass is 19.4. The van der Waals surface area contributed by atoms with Crippen molar-refractivity contribution in [2.45, 2.75) is 24.8 Å². The van der Waals surface area contributed by atoms with Gasteiger partial charge in [-0.3, -0.25) is 0 Å². The molecule has 1 aromatic rings. The van der Waals surface area contributed by atoms with Gasteiger partial charge in [-0.25, -0.2) is 0 Å². The van der Waals surface area contributed by atoms with E-state index in [1.165, 1.54) is 0 Å². The van der Waals surface area contributed by atoms with Crippen LogP contribution in [0.3, 0.4) is 0 Å². The van der Waals surface area contributed by atoms with Gasteiger partial charge in [0.15, 0.2) is 0 Å². The highest BCUT2D eigenvalue weighted by molar-refractivity contribution is 5.43. The van der Waals surface area contributed by atoms with Crippen LogP contribution in [-0.4, -0.2) is 28.0 Å². The number of nitriles is 1. The first-order valence-corrected chi connectivity index (χ1v) is 5.39. The summed E-state index contributed by atoms with van der Waals surface area (Å²) < 4.78 is 37.4. The quantitative estimate of drug-likeness (QED) is 0.774. The average molecular weight is 275 g/mol. The Hall–Kier alpha value is -1.62. The fourth-order valence-corrected chi connectivity index (χ4v) is 1.58. The maximum absolute atomic E-state index is 12.5. The lowest BCUT2D eigenvalue weighted by Gasteiger charge is -2.19. The SMILES string of the molecule is N#Cc1cc(C(F)(F)F)ccc1C(O)C(O)CCO. The molecule has 4 nitrogen and oxygen atoms in total. The van der Waals surface area contributed by atoms with E-state index in [0.717, 1.165) is 12.1 Å². The summed E-state index contributed by atoms with van der Waals surface area (Å²) in [6, 6.07) is 3.85. The van der Waals surface area contributed by atoms with E-state index in [-0.39, 0.29) is 24.2 Å². The first-order chi connectivity index (χ1) is 8.81. The number of hydrogen-bond donors (Lipinski definition) is 3. The summed E-state index contributed by atoms with van der Waals surface area (Å²) in [4.78, 5) is 0. The van der Waals surface area contributed by atoms with Gasteiger partial charge in [-0.2, -0.15) is 18.4 Å². The molecule has 0 aliphatic carbocycles. The van der Waals surface area contributed by atoms with Gasteiger partial charge in [0.1, 0.15) is 6.10 Å². The second-order valence-corrected chi connectivity index (χ2v) is 3.94. The van der Waals surface area contributed by atoms with Crippen LogP contribution in [0.25, 0.3) is 0 Å². The van der Waals surface area contributed by atoms with Crippen LogP contribution in [0, 0.1) is 11.3 Å². The van der Waals surface area contributed by atoms with Gasteiger partial charge >= 0.3 is 6.18 Å². The Morgan fingerprint density at radius 3 is 2.37 bits per heavy atom. The number of benzene rings is 1. The predicted molar refractivity (Wildman–Crippen MR) is 58.8 cm³/mol. The molecule has 0 spiro atoms. The van der Waals surface area contributed by atoms with Crippen molar-refractivity contribution in [3.63, 3.8) is 0 Å². The maximum Gasteiger partial charge on any atom is 0.416 e. The molecular weight excluding hydrogens is 263 g/mol. The van der Waals surface area contributed by atoms with E-state index in [0.29, 0.717) is 6.07 Å². The molecule has 0 aliphatic rings. The monoisotopic (exact) mass is 275 g/mol. The lowest BCUT2D eigenvalue weighted by Crippen LogP contribution is -2.20. The first kappa shape index (κ1) is 15.4. The minimum Gasteiger partial charge on any atom is -0.396 e. The van der Waals surface area contributed by atoms with Gasteiger partial charge in [-0.1, -0.05) is 6.07 Å². The highest BCUT2D eigenvalue weighted by Crippen LogP contribution is 2.32. The van der Waals surface area contributed by atoms with Crippen molar-refractivity contribution in [2.75, 3.05) is 6.61 Å². The number of alkyl halides is 3. The van der Waals surface area contributed by atoms with Crippen LogP contribution in [0.2, 0.25) is 0 Å². The van der Waals surface area contributed by atoms with E-state index < -0.39 is 23.9 Å². The molecule has 0 saturated carbocycles. The second kappa shape index (κ2) is 6.02. The minimum absolute atomic E-state index is 0.101. The molecule has 1 rings (SSSR count). The molecule has 0 bridgehead atoms. The van der Waals surface area contributed by atoms with Gasteiger partial charge in [-0.05, 0) is 18.6 Å². The van der Waals surface area contributed by atoms with Crippen molar-refractivity contribution >= 4 is 0 Å². The molecule has 0 heterocycles. The van der Waals surface area contributed by atoms with E-state index in [1.54, 1.807) is 6.07 Å². The summed E-state index contributed by atoms with van der Waals surface area (Å²) in [7, 11) is 0. The molecular formula is C12H12F3NO3. The molecule has 0 fully saturated rings. The number of hydrogen-bond acceptors (Lipinski definition) is 4. The Kier molecular flexibility index (Phi) is 4.89. The lowest BCUT2D eigenvalue weighted by atomic mass is 9.96.